The van der Waals surface area contributed by atoms with Crippen molar-refractivity contribution in [2.45, 2.75) is 64.7 Å². The molecule has 0 saturated carbocycles. The molecule has 3 aliphatic rings. The summed E-state index contributed by atoms with van der Waals surface area (Å²) in [5, 5.41) is 28.5. The highest BCUT2D eigenvalue weighted by molar-refractivity contribution is 7.13. The number of benzene rings is 3. The van der Waals surface area contributed by atoms with E-state index in [1.165, 1.54) is 22.4 Å². The number of β-amino-alcohol motifs (C(OH)–C–C–N with tert-alkyl or cyclic N) is 1. The van der Waals surface area contributed by atoms with Crippen molar-refractivity contribution in [3.05, 3.63) is 126 Å². The quantitative estimate of drug-likeness (QED) is 0.0538. The number of nitrogens with zero attached hydrogens (tertiary/aromatic N) is 10. The molecule has 1 unspecified atom stereocenters. The van der Waals surface area contributed by atoms with Crippen molar-refractivity contribution in [2.24, 2.45) is 5.92 Å². The topological polar surface area (TPSA) is 260 Å². The first-order valence-corrected chi connectivity index (χ1v) is 27.7. The average molecular weight is 1110 g/mol. The van der Waals surface area contributed by atoms with Gasteiger partial charge >= 0.3 is 0 Å². The molecule has 22 nitrogen and oxygen atoms in total. The van der Waals surface area contributed by atoms with Crippen molar-refractivity contribution in [1.82, 2.24) is 49.3 Å². The Morgan fingerprint density at radius 2 is 1.64 bits per heavy atom. The summed E-state index contributed by atoms with van der Waals surface area (Å²) in [5.74, 6) is 0.498. The van der Waals surface area contributed by atoms with Crippen LogP contribution in [0.2, 0.25) is 0 Å². The van der Waals surface area contributed by atoms with Crippen LogP contribution in [-0.2, 0) is 41.7 Å². The van der Waals surface area contributed by atoms with Crippen molar-refractivity contribution in [1.29, 1.82) is 0 Å². The number of fused-ring (bicyclic) bond motifs is 2. The molecule has 420 valence electrons. The van der Waals surface area contributed by atoms with E-state index in [1.807, 2.05) is 109 Å². The van der Waals surface area contributed by atoms with Crippen LogP contribution in [0.5, 0.6) is 5.75 Å². The summed E-state index contributed by atoms with van der Waals surface area (Å²) >= 11 is 1.52. The van der Waals surface area contributed by atoms with Crippen LogP contribution in [0.15, 0.2) is 103 Å². The Morgan fingerprint density at radius 3 is 2.38 bits per heavy atom. The molecule has 3 amide bonds. The summed E-state index contributed by atoms with van der Waals surface area (Å²) in [6.45, 7) is 10.5. The number of aromatic nitrogens is 6. The van der Waals surface area contributed by atoms with Crippen LogP contribution >= 0.6 is 11.3 Å². The van der Waals surface area contributed by atoms with Crippen LogP contribution in [0.4, 0.5) is 23.0 Å². The van der Waals surface area contributed by atoms with E-state index < -0.39 is 24.4 Å². The Bertz CT molecular complexity index is 3260. The number of hydrogen-bond donors (Lipinski definition) is 5. The third-order valence-electron chi connectivity index (χ3n) is 14.5. The maximum absolute atomic E-state index is 14.3. The molecule has 7 heterocycles. The number of carbonyl (C=O) groups is 3. The fraction of sp³-hybridized carbons (Fsp3) is 0.404. The number of anilines is 4. The van der Waals surface area contributed by atoms with Crippen molar-refractivity contribution >= 4 is 57.7 Å². The van der Waals surface area contributed by atoms with E-state index in [2.05, 4.69) is 35.5 Å². The SMILES string of the molecule is Cc1ncsc1-c1ccc(CNC(=O)[C@@H]2C[C@@H](O)CN2C(=O)[C@H](C(C)C)N2Cc3ccccc3C2O)c(OCCOCCOCCOCC(=O)N2CCN(c3ccc(Nc4nc(-c5cncc(N)n5)cn5ccnc45)cc3)CC2)c1. The van der Waals surface area contributed by atoms with Gasteiger partial charge in [0.25, 0.3) is 0 Å². The average Bonchev–Trinajstić information content (AvgIpc) is 4.30. The Hall–Kier alpha value is -7.64. The normalized spacial score (nSPS) is 17.8. The number of aliphatic hydroxyl groups excluding tert-OH is 2. The molecule has 4 aromatic heterocycles. The number of amides is 3. The third kappa shape index (κ3) is 13.0. The zero-order valence-corrected chi connectivity index (χ0v) is 45.8. The molecule has 0 bridgehead atoms. The molecule has 4 atom stereocenters. The van der Waals surface area contributed by atoms with Gasteiger partial charge in [0.2, 0.25) is 17.7 Å². The summed E-state index contributed by atoms with van der Waals surface area (Å²) in [7, 11) is 0. The predicted octanol–water partition coefficient (Wildman–Crippen LogP) is 4.83. The maximum Gasteiger partial charge on any atom is 0.248 e. The number of aliphatic hydroxyl groups is 2. The third-order valence-corrected chi connectivity index (χ3v) is 15.5. The summed E-state index contributed by atoms with van der Waals surface area (Å²) in [4.78, 5) is 71.8. The summed E-state index contributed by atoms with van der Waals surface area (Å²) in [6.07, 6.45) is 6.76. The Kier molecular flexibility index (Phi) is 17.8. The largest absolute Gasteiger partial charge is 0.491 e. The van der Waals surface area contributed by atoms with Gasteiger partial charge in [-0.05, 0) is 59.9 Å². The first-order chi connectivity index (χ1) is 38.9. The van der Waals surface area contributed by atoms with Gasteiger partial charge in [0.15, 0.2) is 11.5 Å². The molecule has 6 N–H and O–H groups in total. The number of nitrogens with two attached hydrogens (primary N) is 1. The minimum Gasteiger partial charge on any atom is -0.491 e. The number of thiazole rings is 1. The molecule has 0 radical (unpaired) electrons. The number of carbonyl (C=O) groups excluding carboxylic acids is 3. The zero-order chi connectivity index (χ0) is 55.7. The van der Waals surface area contributed by atoms with E-state index in [1.54, 1.807) is 22.8 Å². The number of likely N-dealkylation sites (tertiary alicyclic amines) is 1. The second-order valence-electron chi connectivity index (χ2n) is 20.3. The minimum atomic E-state index is -0.957. The smallest absolute Gasteiger partial charge is 0.248 e. The number of nitrogen functional groups attached to an aromatic ring is 1. The zero-order valence-electron chi connectivity index (χ0n) is 45.0. The highest BCUT2D eigenvalue weighted by Gasteiger charge is 2.46. The van der Waals surface area contributed by atoms with E-state index in [4.69, 9.17) is 29.7 Å². The molecule has 2 fully saturated rings. The molecule has 80 heavy (non-hydrogen) atoms. The van der Waals surface area contributed by atoms with E-state index >= 15 is 0 Å². The van der Waals surface area contributed by atoms with Gasteiger partial charge in [-0.25, -0.2) is 19.9 Å². The molecule has 2 saturated heterocycles. The molecular formula is C57H67N13O9S. The second kappa shape index (κ2) is 25.6. The Balaban J connectivity index is 0.626. The van der Waals surface area contributed by atoms with Crippen molar-refractivity contribution < 1.29 is 43.5 Å². The van der Waals surface area contributed by atoms with Gasteiger partial charge in [0.1, 0.15) is 48.4 Å². The summed E-state index contributed by atoms with van der Waals surface area (Å²) in [6, 6.07) is 19.8. The number of aryl methyl sites for hydroxylation is 1. The first kappa shape index (κ1) is 55.7. The van der Waals surface area contributed by atoms with Gasteiger partial charge in [-0.1, -0.05) is 50.2 Å². The predicted molar refractivity (Wildman–Crippen MR) is 301 cm³/mol. The van der Waals surface area contributed by atoms with Crippen LogP contribution in [-0.4, -0.2) is 169 Å². The lowest BCUT2D eigenvalue weighted by Gasteiger charge is -2.36. The van der Waals surface area contributed by atoms with Gasteiger partial charge in [-0.3, -0.25) is 24.3 Å². The molecule has 0 spiro atoms. The lowest BCUT2D eigenvalue weighted by molar-refractivity contribution is -0.149. The van der Waals surface area contributed by atoms with Crippen LogP contribution < -0.4 is 26.0 Å². The van der Waals surface area contributed by atoms with Crippen LogP contribution in [0.25, 0.3) is 27.5 Å². The fourth-order valence-corrected chi connectivity index (χ4v) is 11.2. The molecule has 23 heteroatoms. The van der Waals surface area contributed by atoms with Gasteiger partial charge in [0.05, 0.1) is 73.7 Å². The van der Waals surface area contributed by atoms with Crippen LogP contribution in [0.3, 0.4) is 0 Å². The van der Waals surface area contributed by atoms with E-state index in [9.17, 15) is 24.6 Å². The number of ether oxygens (including phenoxy) is 4. The highest BCUT2D eigenvalue weighted by atomic mass is 32.1. The number of imidazole rings is 1. The van der Waals surface area contributed by atoms with E-state index in [0.29, 0.717) is 87.0 Å². The fourth-order valence-electron chi connectivity index (χ4n) is 10.4. The van der Waals surface area contributed by atoms with Crippen LogP contribution in [0, 0.1) is 12.8 Å². The Labute approximate surface area is 467 Å². The maximum atomic E-state index is 14.3. The lowest BCUT2D eigenvalue weighted by atomic mass is 10.00. The second-order valence-corrected chi connectivity index (χ2v) is 21.1. The van der Waals surface area contributed by atoms with Gasteiger partial charge in [-0.15, -0.1) is 11.3 Å². The Morgan fingerprint density at radius 1 is 0.875 bits per heavy atom. The van der Waals surface area contributed by atoms with E-state index in [0.717, 1.165) is 44.2 Å². The number of hydrogen-bond acceptors (Lipinski definition) is 19. The molecule has 10 rings (SSSR count). The highest BCUT2D eigenvalue weighted by Crippen LogP contribution is 2.37. The van der Waals surface area contributed by atoms with Crippen molar-refractivity contribution in [3.63, 3.8) is 0 Å². The van der Waals surface area contributed by atoms with Crippen molar-refractivity contribution in [3.8, 4) is 27.6 Å². The number of piperazine rings is 1. The first-order valence-electron chi connectivity index (χ1n) is 26.9. The monoisotopic (exact) mass is 1110 g/mol. The molecule has 3 aromatic carbocycles. The lowest BCUT2D eigenvalue weighted by Crippen LogP contribution is -2.54. The number of rotatable bonds is 23. The molecular weight excluding hydrogens is 1040 g/mol. The standard InChI is InChI=1S/C57H67N13O9S/c1-36(2)51(70-31-40-6-4-5-7-44(40)56(70)74)57(75)69-32-43(71)27-47(69)55(73)61-28-39-9-8-38(52-37(3)62-35-80-52)26-48(39)79-25-24-77-21-20-76-22-23-78-34-50(72)67-18-16-66(17-19-67)42-12-10-41(11-13-42)63-53-54-60-14-15-68(54)33-46(65-53)45-29-59-30-49(58)64-45/h4-15,26,29-30,33,35-36,43,47,51,56,71,74H,16-25,27-28,31-32,34H2,1-3H3,(H2,58,64)(H,61,73)(H,63,65)/t43-,47+,51+,56?/m1/s1. The minimum absolute atomic E-state index is 0.0183. The van der Waals surface area contributed by atoms with Crippen molar-refractivity contribution in [2.75, 3.05) is 94.9 Å². The van der Waals surface area contributed by atoms with Gasteiger partial charge < -0.3 is 64.6 Å². The number of nitrogens with one attached hydrogen (secondary N) is 2. The van der Waals surface area contributed by atoms with E-state index in [-0.39, 0.29) is 69.6 Å². The summed E-state index contributed by atoms with van der Waals surface area (Å²) in [5.41, 5.74) is 15.6. The molecule has 0 aliphatic carbocycles. The molecule has 3 aliphatic heterocycles. The van der Waals surface area contributed by atoms with Gasteiger partial charge in [0, 0.05) is 87.8 Å². The van der Waals surface area contributed by atoms with Crippen LogP contribution in [0.1, 0.15) is 48.9 Å². The van der Waals surface area contributed by atoms with Gasteiger partial charge in [-0.2, -0.15) is 0 Å². The summed E-state index contributed by atoms with van der Waals surface area (Å²) < 4.78 is 25.4. The molecule has 7 aromatic rings.